The molecule has 104 valence electrons. The fraction of sp³-hybridized carbons (Fsp3) is 0.846. The van der Waals surface area contributed by atoms with Crippen molar-refractivity contribution in [1.82, 2.24) is 5.32 Å². The van der Waals surface area contributed by atoms with Gasteiger partial charge < -0.3 is 15.8 Å². The molecule has 0 aliphatic heterocycles. The molecule has 0 saturated heterocycles. The molecule has 1 rings (SSSR count). The molecule has 18 heavy (non-hydrogen) atoms. The van der Waals surface area contributed by atoms with Crippen LogP contribution in [0.1, 0.15) is 46.0 Å². The predicted octanol–water partition coefficient (Wildman–Crippen LogP) is 0.962. The van der Waals surface area contributed by atoms with Gasteiger partial charge in [-0.2, -0.15) is 0 Å². The van der Waals surface area contributed by atoms with E-state index in [9.17, 15) is 9.59 Å². The second-order valence-electron chi connectivity index (χ2n) is 4.82. The quantitative estimate of drug-likeness (QED) is 0.718. The third-order valence-corrected chi connectivity index (χ3v) is 3.47. The third kappa shape index (κ3) is 4.29. The minimum absolute atomic E-state index is 0.00190. The summed E-state index contributed by atoms with van der Waals surface area (Å²) in [6, 6.07) is -0.270. The van der Waals surface area contributed by atoms with E-state index in [0.29, 0.717) is 13.0 Å². The van der Waals surface area contributed by atoms with Crippen molar-refractivity contribution < 1.29 is 14.3 Å². The van der Waals surface area contributed by atoms with Gasteiger partial charge in [0.15, 0.2) is 0 Å². The summed E-state index contributed by atoms with van der Waals surface area (Å²) >= 11 is 0. The number of hydrogen-bond acceptors (Lipinski definition) is 4. The Morgan fingerprint density at radius 1 is 1.28 bits per heavy atom. The first-order chi connectivity index (χ1) is 8.58. The first-order valence-corrected chi connectivity index (χ1v) is 6.81. The van der Waals surface area contributed by atoms with Gasteiger partial charge in [-0.05, 0) is 39.0 Å². The summed E-state index contributed by atoms with van der Waals surface area (Å²) in [5.41, 5.74) is 5.66. The van der Waals surface area contributed by atoms with Crippen molar-refractivity contribution in [2.45, 2.75) is 58.0 Å². The van der Waals surface area contributed by atoms with E-state index in [1.54, 1.807) is 0 Å². The molecule has 1 amide bonds. The SMILES string of the molecule is CCOC(=O)C1CCC(NC(=O)[C@@H](N)CC)CC1. The van der Waals surface area contributed by atoms with Crippen LogP contribution in [0, 0.1) is 5.92 Å². The lowest BCUT2D eigenvalue weighted by molar-refractivity contribution is -0.149. The molecule has 0 radical (unpaired) electrons. The largest absolute Gasteiger partial charge is 0.466 e. The van der Waals surface area contributed by atoms with E-state index in [4.69, 9.17) is 10.5 Å². The summed E-state index contributed by atoms with van der Waals surface area (Å²) in [6.45, 7) is 4.14. The van der Waals surface area contributed by atoms with Crippen molar-refractivity contribution in [3.8, 4) is 0 Å². The van der Waals surface area contributed by atoms with Crippen molar-refractivity contribution in [3.05, 3.63) is 0 Å². The van der Waals surface area contributed by atoms with Gasteiger partial charge in [0, 0.05) is 6.04 Å². The van der Waals surface area contributed by atoms with E-state index in [2.05, 4.69) is 5.32 Å². The van der Waals surface area contributed by atoms with Crippen molar-refractivity contribution in [3.63, 3.8) is 0 Å². The Bertz CT molecular complexity index is 286. The van der Waals surface area contributed by atoms with E-state index >= 15 is 0 Å². The third-order valence-electron chi connectivity index (χ3n) is 3.47. The lowest BCUT2D eigenvalue weighted by Gasteiger charge is -2.28. The predicted molar refractivity (Wildman–Crippen MR) is 68.8 cm³/mol. The van der Waals surface area contributed by atoms with E-state index in [0.717, 1.165) is 25.7 Å². The molecule has 0 bridgehead atoms. The molecule has 0 aromatic heterocycles. The molecule has 5 nitrogen and oxygen atoms in total. The highest BCUT2D eigenvalue weighted by atomic mass is 16.5. The van der Waals surface area contributed by atoms with Crippen LogP contribution < -0.4 is 11.1 Å². The van der Waals surface area contributed by atoms with Crippen LogP contribution in [0.5, 0.6) is 0 Å². The van der Waals surface area contributed by atoms with Crippen molar-refractivity contribution in [2.75, 3.05) is 6.61 Å². The zero-order valence-corrected chi connectivity index (χ0v) is 11.3. The summed E-state index contributed by atoms with van der Waals surface area (Å²) in [4.78, 5) is 23.2. The van der Waals surface area contributed by atoms with Crippen LogP contribution in [0.3, 0.4) is 0 Å². The van der Waals surface area contributed by atoms with Gasteiger partial charge in [-0.3, -0.25) is 9.59 Å². The highest BCUT2D eigenvalue weighted by Gasteiger charge is 2.28. The van der Waals surface area contributed by atoms with Gasteiger partial charge in [-0.15, -0.1) is 0 Å². The summed E-state index contributed by atoms with van der Waals surface area (Å²) in [6.07, 6.45) is 3.86. The molecule has 0 heterocycles. The van der Waals surface area contributed by atoms with Crippen LogP contribution in [-0.2, 0) is 14.3 Å². The molecule has 0 spiro atoms. The van der Waals surface area contributed by atoms with Crippen LogP contribution in [0.2, 0.25) is 0 Å². The minimum Gasteiger partial charge on any atom is -0.466 e. The first-order valence-electron chi connectivity index (χ1n) is 6.81. The number of nitrogens with two attached hydrogens (primary N) is 1. The molecular formula is C13H24N2O3. The number of hydrogen-bond donors (Lipinski definition) is 2. The highest BCUT2D eigenvalue weighted by molar-refractivity contribution is 5.81. The summed E-state index contributed by atoms with van der Waals surface area (Å²) in [5, 5.41) is 2.94. The number of esters is 1. The Hall–Kier alpha value is -1.10. The average Bonchev–Trinajstić information content (AvgIpc) is 2.38. The molecule has 1 aliphatic carbocycles. The topological polar surface area (TPSA) is 81.4 Å². The number of ether oxygens (including phenoxy) is 1. The van der Waals surface area contributed by atoms with Crippen LogP contribution >= 0.6 is 0 Å². The summed E-state index contributed by atoms with van der Waals surface area (Å²) in [5.74, 6) is -0.192. The molecule has 1 fully saturated rings. The van der Waals surface area contributed by atoms with Crippen LogP contribution in [-0.4, -0.2) is 30.6 Å². The molecular weight excluding hydrogens is 232 g/mol. The molecule has 5 heteroatoms. The molecule has 1 saturated carbocycles. The Labute approximate surface area is 108 Å². The van der Waals surface area contributed by atoms with Crippen molar-refractivity contribution >= 4 is 11.9 Å². The standard InChI is InChI=1S/C13H24N2O3/c1-3-11(14)12(16)15-10-7-5-9(6-8-10)13(17)18-4-2/h9-11H,3-8,14H2,1-2H3,(H,15,16)/t9?,10?,11-/m0/s1. The number of nitrogens with one attached hydrogen (secondary N) is 1. The Morgan fingerprint density at radius 3 is 2.39 bits per heavy atom. The summed E-state index contributed by atoms with van der Waals surface area (Å²) < 4.78 is 5.01. The molecule has 0 aromatic rings. The van der Waals surface area contributed by atoms with Crippen molar-refractivity contribution in [1.29, 1.82) is 0 Å². The minimum atomic E-state index is -0.423. The second-order valence-corrected chi connectivity index (χ2v) is 4.82. The monoisotopic (exact) mass is 256 g/mol. The van der Waals surface area contributed by atoms with Gasteiger partial charge in [0.1, 0.15) is 0 Å². The zero-order valence-electron chi connectivity index (χ0n) is 11.3. The summed E-state index contributed by atoms with van der Waals surface area (Å²) in [7, 11) is 0. The maximum atomic E-state index is 11.6. The van der Waals surface area contributed by atoms with E-state index < -0.39 is 6.04 Å². The van der Waals surface area contributed by atoms with E-state index in [-0.39, 0.29) is 23.8 Å². The Kier molecular flexibility index (Phi) is 6.12. The maximum Gasteiger partial charge on any atom is 0.308 e. The number of amides is 1. The molecule has 0 unspecified atom stereocenters. The Balaban J connectivity index is 2.31. The number of carbonyl (C=O) groups excluding carboxylic acids is 2. The van der Waals surface area contributed by atoms with Crippen LogP contribution in [0.15, 0.2) is 0 Å². The lowest BCUT2D eigenvalue weighted by Crippen LogP contribution is -2.46. The van der Waals surface area contributed by atoms with Gasteiger partial charge in [0.05, 0.1) is 18.6 Å². The fourth-order valence-corrected chi connectivity index (χ4v) is 2.23. The normalized spacial score (nSPS) is 25.3. The van der Waals surface area contributed by atoms with E-state index in [1.807, 2.05) is 13.8 Å². The first kappa shape index (κ1) is 15.0. The molecule has 0 aromatic carbocycles. The number of rotatable bonds is 5. The molecule has 1 atom stereocenters. The lowest BCUT2D eigenvalue weighted by atomic mass is 9.86. The van der Waals surface area contributed by atoms with E-state index in [1.165, 1.54) is 0 Å². The zero-order chi connectivity index (χ0) is 13.5. The van der Waals surface area contributed by atoms with Gasteiger partial charge in [0.2, 0.25) is 5.91 Å². The van der Waals surface area contributed by atoms with Gasteiger partial charge in [-0.1, -0.05) is 6.92 Å². The molecule has 3 N–H and O–H groups in total. The number of carbonyl (C=O) groups is 2. The van der Waals surface area contributed by atoms with Crippen molar-refractivity contribution in [2.24, 2.45) is 11.7 Å². The Morgan fingerprint density at radius 2 is 1.89 bits per heavy atom. The van der Waals surface area contributed by atoms with Gasteiger partial charge in [0.25, 0.3) is 0 Å². The molecule has 1 aliphatic rings. The highest BCUT2D eigenvalue weighted by Crippen LogP contribution is 2.25. The van der Waals surface area contributed by atoms with Crippen LogP contribution in [0.25, 0.3) is 0 Å². The maximum absolute atomic E-state index is 11.6. The fourth-order valence-electron chi connectivity index (χ4n) is 2.23. The van der Waals surface area contributed by atoms with Crippen LogP contribution in [0.4, 0.5) is 0 Å². The smallest absolute Gasteiger partial charge is 0.308 e. The average molecular weight is 256 g/mol. The van der Waals surface area contributed by atoms with Gasteiger partial charge >= 0.3 is 5.97 Å². The second kappa shape index (κ2) is 7.36. The van der Waals surface area contributed by atoms with Gasteiger partial charge in [-0.25, -0.2) is 0 Å².